The Balaban J connectivity index is 0. The number of phosphoric acid groups is 1. The third-order valence-corrected chi connectivity index (χ3v) is 2.62. The summed E-state index contributed by atoms with van der Waals surface area (Å²) in [6.07, 6.45) is 0. The zero-order valence-corrected chi connectivity index (χ0v) is 15.0. The molecule has 0 bridgehead atoms. The molecule has 0 aliphatic carbocycles. The Bertz CT molecular complexity index is 512. The van der Waals surface area contributed by atoms with E-state index in [1.807, 2.05) is 21.1 Å². The van der Waals surface area contributed by atoms with E-state index in [1.165, 1.54) is 24.3 Å². The van der Waals surface area contributed by atoms with E-state index < -0.39 is 19.5 Å². The molecule has 0 aliphatic rings. The number of phosphoric ester groups is 1. The number of carbonyl (C=O) groups is 1. The molecule has 0 unspecified atom stereocenters. The van der Waals surface area contributed by atoms with Gasteiger partial charge in [0.25, 0.3) is 0 Å². The van der Waals surface area contributed by atoms with E-state index in [2.05, 4.69) is 4.52 Å². The second-order valence-electron chi connectivity index (χ2n) is 5.08. The Labute approximate surface area is 145 Å². The summed E-state index contributed by atoms with van der Waals surface area (Å²) in [7, 11) is 0.875. The fraction of sp³-hybridized carbons (Fsp3) is 0.417. The van der Waals surface area contributed by atoms with Crippen LogP contribution in [0.5, 0.6) is 5.75 Å². The number of hydrogen-bond acceptors (Lipinski definition) is 7. The van der Waals surface area contributed by atoms with Gasteiger partial charge in [-0.25, -0.2) is 0 Å². The van der Waals surface area contributed by atoms with Gasteiger partial charge in [0, 0.05) is 0 Å². The van der Waals surface area contributed by atoms with Crippen molar-refractivity contribution >= 4 is 36.8 Å². The number of carbonyl (C=O) groups excluding carboxylic acids is 1. The molecule has 0 spiro atoms. The SMILES string of the molecule is C[N+](C)(C)CCOP(=O)([O-])[O-].O=C([O-])c1ccccc1[O-].[Mg+2]. The average molecular weight is 343 g/mol. The number of benzene rings is 1. The molecule has 1 rings (SSSR count). The second kappa shape index (κ2) is 10.2. The van der Waals surface area contributed by atoms with Crippen LogP contribution in [-0.4, -0.2) is 67.8 Å². The van der Waals surface area contributed by atoms with Gasteiger partial charge >= 0.3 is 23.1 Å². The van der Waals surface area contributed by atoms with Crippen molar-refractivity contribution in [1.29, 1.82) is 0 Å². The number of para-hydroxylation sites is 1. The Hall–Kier alpha value is -0.674. The molecule has 0 atom stereocenters. The first kappa shape index (κ1) is 23.6. The molecule has 0 fully saturated rings. The average Bonchev–Trinajstić information content (AvgIpc) is 2.26. The van der Waals surface area contributed by atoms with E-state index in [4.69, 9.17) is 0 Å². The molecular weight excluding hydrogens is 325 g/mol. The van der Waals surface area contributed by atoms with Gasteiger partial charge in [-0.1, -0.05) is 30.0 Å². The number of aromatic carboxylic acids is 1. The predicted molar refractivity (Wildman–Crippen MR) is 72.4 cm³/mol. The fourth-order valence-corrected chi connectivity index (χ4v) is 1.37. The molecule has 0 saturated carbocycles. The van der Waals surface area contributed by atoms with Crippen molar-refractivity contribution in [1.82, 2.24) is 0 Å². The monoisotopic (exact) mass is 342 g/mol. The van der Waals surface area contributed by atoms with Crippen LogP contribution in [-0.2, 0) is 9.09 Å². The Morgan fingerprint density at radius 2 is 1.73 bits per heavy atom. The third-order valence-electron chi connectivity index (χ3n) is 2.12. The third kappa shape index (κ3) is 13.0. The van der Waals surface area contributed by atoms with Crippen molar-refractivity contribution in [3.63, 3.8) is 0 Å². The molecule has 0 amide bonds. The van der Waals surface area contributed by atoms with E-state index in [0.717, 1.165) is 0 Å². The quantitative estimate of drug-likeness (QED) is 0.322. The summed E-state index contributed by atoms with van der Waals surface area (Å²) in [5.41, 5.74) is -0.289. The minimum atomic E-state index is -4.76. The summed E-state index contributed by atoms with van der Waals surface area (Å²) in [6, 6.07) is 5.37. The minimum absolute atomic E-state index is 0. The maximum absolute atomic E-state index is 10.6. The maximum Gasteiger partial charge on any atom is 2.00 e. The van der Waals surface area contributed by atoms with Gasteiger partial charge in [0.05, 0.1) is 34.9 Å². The molecule has 0 N–H and O–H groups in total. The molecule has 10 heteroatoms. The summed E-state index contributed by atoms with van der Waals surface area (Å²) in [6.45, 7) is 0.447. The number of carboxylic acid groups (broad SMARTS) is 1. The van der Waals surface area contributed by atoms with E-state index in [9.17, 15) is 29.4 Å². The van der Waals surface area contributed by atoms with Crippen LogP contribution in [0.2, 0.25) is 0 Å². The molecular formula is C12H17MgNO7P-. The van der Waals surface area contributed by atoms with Crippen LogP contribution in [0.3, 0.4) is 0 Å². The minimum Gasteiger partial charge on any atom is -0.872 e. The largest absolute Gasteiger partial charge is 2.00 e. The van der Waals surface area contributed by atoms with Crippen LogP contribution in [0.1, 0.15) is 10.4 Å². The molecule has 120 valence electrons. The van der Waals surface area contributed by atoms with Gasteiger partial charge in [0.15, 0.2) is 0 Å². The predicted octanol–water partition coefficient (Wildman–Crippen LogP) is -2.72. The number of likely N-dealkylation sites (N-methyl/N-ethyl adjacent to an activating group) is 1. The van der Waals surface area contributed by atoms with Crippen LogP contribution in [0.15, 0.2) is 24.3 Å². The van der Waals surface area contributed by atoms with Crippen molar-refractivity contribution < 1.29 is 38.4 Å². The summed E-state index contributed by atoms with van der Waals surface area (Å²) < 4.78 is 14.6. The zero-order chi connectivity index (χ0) is 16.7. The van der Waals surface area contributed by atoms with Crippen LogP contribution < -0.4 is 20.0 Å². The van der Waals surface area contributed by atoms with Crippen LogP contribution in [0, 0.1) is 0 Å². The Morgan fingerprint density at radius 3 is 2.05 bits per heavy atom. The molecule has 0 radical (unpaired) electrons. The first-order valence-corrected chi connectivity index (χ1v) is 7.33. The number of quaternary nitrogens is 1. The molecule has 0 saturated heterocycles. The summed E-state index contributed by atoms with van der Waals surface area (Å²) >= 11 is 0. The molecule has 1 aromatic carbocycles. The number of rotatable bonds is 5. The first-order valence-electron chi connectivity index (χ1n) is 5.87. The summed E-state index contributed by atoms with van der Waals surface area (Å²) in [5, 5.41) is 20.8. The van der Waals surface area contributed by atoms with Crippen molar-refractivity contribution in [3.05, 3.63) is 29.8 Å². The second-order valence-corrected chi connectivity index (χ2v) is 6.23. The topological polar surface area (TPSA) is 136 Å². The number of carboxylic acids is 1. The van der Waals surface area contributed by atoms with Crippen molar-refractivity contribution in [2.75, 3.05) is 34.3 Å². The van der Waals surface area contributed by atoms with Gasteiger partial charge in [-0.2, -0.15) is 0 Å². The fourth-order valence-electron chi connectivity index (χ4n) is 1.06. The molecule has 1 aromatic rings. The normalized spacial score (nSPS) is 11.0. The molecule has 0 aromatic heterocycles. The zero-order valence-electron chi connectivity index (χ0n) is 12.7. The molecule has 0 aliphatic heterocycles. The van der Waals surface area contributed by atoms with Gasteiger partial charge < -0.3 is 38.4 Å². The van der Waals surface area contributed by atoms with Crippen LogP contribution >= 0.6 is 7.82 Å². The van der Waals surface area contributed by atoms with Crippen molar-refractivity contribution in [2.24, 2.45) is 0 Å². The van der Waals surface area contributed by atoms with Crippen LogP contribution in [0.4, 0.5) is 0 Å². The van der Waals surface area contributed by atoms with E-state index >= 15 is 0 Å². The summed E-state index contributed by atoms with van der Waals surface area (Å²) in [5.74, 6) is -1.94. The van der Waals surface area contributed by atoms with Gasteiger partial charge in [-0.15, -0.1) is 0 Å². The van der Waals surface area contributed by atoms with E-state index in [1.54, 1.807) is 0 Å². The van der Waals surface area contributed by atoms with Gasteiger partial charge in [0.1, 0.15) is 13.2 Å². The number of hydrogen-bond donors (Lipinski definition) is 0. The van der Waals surface area contributed by atoms with Crippen molar-refractivity contribution in [3.8, 4) is 5.75 Å². The maximum atomic E-state index is 10.6. The molecule has 0 heterocycles. The van der Waals surface area contributed by atoms with E-state index in [-0.39, 0.29) is 35.2 Å². The smallest absolute Gasteiger partial charge is 0.872 e. The van der Waals surface area contributed by atoms with E-state index in [0.29, 0.717) is 11.0 Å². The Morgan fingerprint density at radius 1 is 1.23 bits per heavy atom. The van der Waals surface area contributed by atoms with Crippen LogP contribution in [0.25, 0.3) is 0 Å². The van der Waals surface area contributed by atoms with Crippen molar-refractivity contribution in [2.45, 2.75) is 0 Å². The van der Waals surface area contributed by atoms with Gasteiger partial charge in [0.2, 0.25) is 0 Å². The number of nitrogens with zero attached hydrogens (tertiary/aromatic N) is 1. The Kier molecular flexibility index (Phi) is 10.9. The summed E-state index contributed by atoms with van der Waals surface area (Å²) in [4.78, 5) is 30.0. The first-order chi connectivity index (χ1) is 9.42. The van der Waals surface area contributed by atoms with Gasteiger partial charge in [-0.3, -0.25) is 0 Å². The molecule has 22 heavy (non-hydrogen) atoms. The molecule has 8 nitrogen and oxygen atoms in total. The van der Waals surface area contributed by atoms with Gasteiger partial charge in [-0.05, 0) is 5.56 Å². The standard InChI is InChI=1S/C7H6O3.C5H14NO4P.Mg/c8-6-4-2-1-3-5(6)7(9)10;1-6(2,3)4-5-10-11(7,8)9;/h1-4,8H,(H,9,10);4-5H2,1-3H3,(H-,7,8,9);/q;;+2/p-3.